The second kappa shape index (κ2) is 9.44. The molecule has 1 saturated heterocycles. The first-order chi connectivity index (χ1) is 14.9. The van der Waals surface area contributed by atoms with Gasteiger partial charge in [0.2, 0.25) is 10.0 Å². The number of thiophene rings is 1. The molecule has 1 amide bonds. The van der Waals surface area contributed by atoms with E-state index in [1.54, 1.807) is 22.5 Å². The number of carboxylic acid groups (broad SMARTS) is 1. The van der Waals surface area contributed by atoms with Crippen molar-refractivity contribution in [2.45, 2.75) is 39.4 Å². The summed E-state index contributed by atoms with van der Waals surface area (Å²) in [4.78, 5) is 12.7. The van der Waals surface area contributed by atoms with Gasteiger partial charge in [-0.2, -0.15) is 4.31 Å². The third-order valence-electron chi connectivity index (χ3n) is 5.07. The molecule has 1 aromatic heterocycles. The SMILES string of the molecule is O=C(O)NCc1ccc(Sc2cccc(S(=O)(=O)N3CCCC3c3ccccc3)c2)s1. The van der Waals surface area contributed by atoms with Crippen molar-refractivity contribution in [3.63, 3.8) is 0 Å². The number of hydrogen-bond donors (Lipinski definition) is 2. The largest absolute Gasteiger partial charge is 0.465 e. The topological polar surface area (TPSA) is 86.7 Å². The molecule has 9 heteroatoms. The van der Waals surface area contributed by atoms with Crippen molar-refractivity contribution in [3.05, 3.63) is 77.2 Å². The van der Waals surface area contributed by atoms with Crippen molar-refractivity contribution in [1.82, 2.24) is 9.62 Å². The monoisotopic (exact) mass is 474 g/mol. The van der Waals surface area contributed by atoms with Gasteiger partial charge in [0.15, 0.2) is 0 Å². The van der Waals surface area contributed by atoms with Crippen LogP contribution >= 0.6 is 23.1 Å². The van der Waals surface area contributed by atoms with E-state index in [1.807, 2.05) is 48.5 Å². The maximum Gasteiger partial charge on any atom is 0.404 e. The van der Waals surface area contributed by atoms with Gasteiger partial charge in [0.25, 0.3) is 0 Å². The third kappa shape index (κ3) is 5.12. The smallest absolute Gasteiger partial charge is 0.404 e. The molecule has 1 atom stereocenters. The minimum absolute atomic E-state index is 0.135. The number of nitrogens with one attached hydrogen (secondary N) is 1. The highest BCUT2D eigenvalue weighted by Crippen LogP contribution is 2.38. The second-order valence-corrected chi connectivity index (χ2v) is 11.6. The van der Waals surface area contributed by atoms with Crippen LogP contribution in [-0.2, 0) is 16.6 Å². The Morgan fingerprint density at radius 2 is 1.94 bits per heavy atom. The Labute approximate surface area is 190 Å². The summed E-state index contributed by atoms with van der Waals surface area (Å²) in [6.07, 6.45) is 0.603. The van der Waals surface area contributed by atoms with E-state index in [9.17, 15) is 13.2 Å². The van der Waals surface area contributed by atoms with Gasteiger partial charge in [0.1, 0.15) is 0 Å². The van der Waals surface area contributed by atoms with E-state index in [0.717, 1.165) is 32.4 Å². The first-order valence-corrected chi connectivity index (χ1v) is 12.9. The highest BCUT2D eigenvalue weighted by atomic mass is 32.2. The zero-order chi connectivity index (χ0) is 21.8. The number of benzene rings is 2. The molecule has 1 unspecified atom stereocenters. The molecule has 162 valence electrons. The minimum Gasteiger partial charge on any atom is -0.465 e. The average Bonchev–Trinajstić information content (AvgIpc) is 3.43. The van der Waals surface area contributed by atoms with Crippen molar-refractivity contribution in [2.75, 3.05) is 6.54 Å². The maximum atomic E-state index is 13.4. The van der Waals surface area contributed by atoms with Crippen LogP contribution in [-0.4, -0.2) is 30.5 Å². The van der Waals surface area contributed by atoms with Crippen LogP contribution in [0.25, 0.3) is 0 Å². The van der Waals surface area contributed by atoms with Gasteiger partial charge in [0, 0.05) is 16.3 Å². The van der Waals surface area contributed by atoms with Crippen molar-refractivity contribution in [3.8, 4) is 0 Å². The molecule has 1 fully saturated rings. The number of amides is 1. The Morgan fingerprint density at radius 3 is 2.71 bits per heavy atom. The fourth-order valence-electron chi connectivity index (χ4n) is 3.66. The highest BCUT2D eigenvalue weighted by molar-refractivity contribution is 8.01. The molecule has 1 aliphatic rings. The van der Waals surface area contributed by atoms with Gasteiger partial charge >= 0.3 is 6.09 Å². The molecule has 0 bridgehead atoms. The number of hydrogen-bond acceptors (Lipinski definition) is 5. The average molecular weight is 475 g/mol. The van der Waals surface area contributed by atoms with E-state index < -0.39 is 16.1 Å². The molecular weight excluding hydrogens is 452 g/mol. The molecule has 2 heterocycles. The fraction of sp³-hybridized carbons (Fsp3) is 0.227. The summed E-state index contributed by atoms with van der Waals surface area (Å²) in [5.41, 5.74) is 1.02. The lowest BCUT2D eigenvalue weighted by Gasteiger charge is -2.24. The van der Waals surface area contributed by atoms with Gasteiger partial charge < -0.3 is 10.4 Å². The number of rotatable bonds is 7. The minimum atomic E-state index is -3.62. The highest BCUT2D eigenvalue weighted by Gasteiger charge is 2.36. The predicted octanol–water partition coefficient (Wildman–Crippen LogP) is 5.19. The summed E-state index contributed by atoms with van der Waals surface area (Å²) in [7, 11) is -3.62. The van der Waals surface area contributed by atoms with E-state index in [4.69, 9.17) is 5.11 Å². The normalized spacial score (nSPS) is 17.0. The Balaban J connectivity index is 1.53. The molecule has 2 N–H and O–H groups in total. The standard InChI is InChI=1S/C22H22N2O4S3/c25-22(26)23-15-18-11-12-21(30-18)29-17-8-4-9-19(14-17)31(27,28)24-13-5-10-20(24)16-6-2-1-3-7-16/h1-4,6-9,11-12,14,20,23H,5,10,13,15H2,(H,25,26). The zero-order valence-corrected chi connectivity index (χ0v) is 19.1. The summed E-state index contributed by atoms with van der Waals surface area (Å²) in [6, 6.07) is 20.5. The second-order valence-electron chi connectivity index (χ2n) is 7.14. The zero-order valence-electron chi connectivity index (χ0n) is 16.6. The van der Waals surface area contributed by atoms with Crippen LogP contribution in [0.5, 0.6) is 0 Å². The van der Waals surface area contributed by atoms with Gasteiger partial charge in [-0.3, -0.25) is 0 Å². The van der Waals surface area contributed by atoms with Crippen LogP contribution in [0.1, 0.15) is 29.3 Å². The van der Waals surface area contributed by atoms with Gasteiger partial charge in [0.05, 0.1) is 21.7 Å². The van der Waals surface area contributed by atoms with Gasteiger partial charge in [-0.1, -0.05) is 48.2 Å². The molecule has 3 aromatic rings. The molecule has 1 aliphatic heterocycles. The van der Waals surface area contributed by atoms with Gasteiger partial charge in [-0.25, -0.2) is 13.2 Å². The van der Waals surface area contributed by atoms with Crippen LogP contribution < -0.4 is 5.32 Å². The molecule has 0 saturated carbocycles. The van der Waals surface area contributed by atoms with Crippen LogP contribution in [0.2, 0.25) is 0 Å². The van der Waals surface area contributed by atoms with Crippen molar-refractivity contribution >= 4 is 39.2 Å². The molecule has 0 spiro atoms. The van der Waals surface area contributed by atoms with E-state index >= 15 is 0 Å². The van der Waals surface area contributed by atoms with Crippen molar-refractivity contribution in [1.29, 1.82) is 0 Å². The first kappa shape index (κ1) is 21.9. The van der Waals surface area contributed by atoms with Gasteiger partial charge in [-0.05, 0) is 48.7 Å². The molecule has 6 nitrogen and oxygen atoms in total. The molecule has 0 aliphatic carbocycles. The predicted molar refractivity (Wildman–Crippen MR) is 122 cm³/mol. The van der Waals surface area contributed by atoms with E-state index in [1.165, 1.54) is 23.1 Å². The molecule has 4 rings (SSSR count). The van der Waals surface area contributed by atoms with Crippen LogP contribution in [0.3, 0.4) is 0 Å². The third-order valence-corrected chi connectivity index (χ3v) is 9.18. The van der Waals surface area contributed by atoms with Crippen molar-refractivity contribution in [2.24, 2.45) is 0 Å². The fourth-order valence-corrected chi connectivity index (χ4v) is 7.61. The first-order valence-electron chi connectivity index (χ1n) is 9.84. The van der Waals surface area contributed by atoms with Crippen LogP contribution in [0, 0.1) is 0 Å². The van der Waals surface area contributed by atoms with E-state index in [-0.39, 0.29) is 12.6 Å². The summed E-state index contributed by atoms with van der Waals surface area (Å²) in [5.74, 6) is 0. The van der Waals surface area contributed by atoms with Crippen LogP contribution in [0.4, 0.5) is 4.79 Å². The molecular formula is C22H22N2O4S3. The van der Waals surface area contributed by atoms with E-state index in [2.05, 4.69) is 5.32 Å². The molecule has 0 radical (unpaired) electrons. The summed E-state index contributed by atoms with van der Waals surface area (Å²) < 4.78 is 29.5. The van der Waals surface area contributed by atoms with Gasteiger partial charge in [-0.15, -0.1) is 11.3 Å². The Kier molecular flexibility index (Phi) is 6.66. The summed E-state index contributed by atoms with van der Waals surface area (Å²) >= 11 is 2.96. The molecule has 31 heavy (non-hydrogen) atoms. The lowest BCUT2D eigenvalue weighted by Crippen LogP contribution is -2.30. The summed E-state index contributed by atoms with van der Waals surface area (Å²) in [6.45, 7) is 0.773. The lowest BCUT2D eigenvalue weighted by molar-refractivity contribution is 0.194. The number of carbonyl (C=O) groups is 1. The Hall–Kier alpha value is -2.33. The maximum absolute atomic E-state index is 13.4. The van der Waals surface area contributed by atoms with Crippen molar-refractivity contribution < 1.29 is 18.3 Å². The summed E-state index contributed by atoms with van der Waals surface area (Å²) in [5, 5.41) is 11.1. The van der Waals surface area contributed by atoms with Crippen LogP contribution in [0.15, 0.2) is 80.7 Å². The number of sulfonamides is 1. The van der Waals surface area contributed by atoms with E-state index in [0.29, 0.717) is 11.4 Å². The Morgan fingerprint density at radius 1 is 1.13 bits per heavy atom. The quantitative estimate of drug-likeness (QED) is 0.492. The lowest BCUT2D eigenvalue weighted by atomic mass is 10.1. The Bertz CT molecular complexity index is 1160. The molecule has 2 aromatic carbocycles. The number of nitrogens with zero attached hydrogens (tertiary/aromatic N) is 1.